The molecule has 7 heteroatoms. The SMILES string of the molecule is CCOc1ccc(OCC)c(S(=O)(=O)Nc2ccccc2F)c1. The molecule has 124 valence electrons. The van der Waals surface area contributed by atoms with Crippen LogP contribution in [0.1, 0.15) is 13.8 Å². The van der Waals surface area contributed by atoms with E-state index in [4.69, 9.17) is 9.47 Å². The Morgan fingerprint density at radius 3 is 2.39 bits per heavy atom. The summed E-state index contributed by atoms with van der Waals surface area (Å²) in [5.74, 6) is -0.0837. The van der Waals surface area contributed by atoms with Crippen molar-refractivity contribution < 1.29 is 22.3 Å². The van der Waals surface area contributed by atoms with Gasteiger partial charge in [-0.05, 0) is 38.1 Å². The Bertz CT molecular complexity index is 777. The molecule has 0 unspecified atom stereocenters. The summed E-state index contributed by atoms with van der Waals surface area (Å²) in [6.45, 7) is 4.24. The minimum absolute atomic E-state index is 0.103. The first-order valence-corrected chi connectivity index (χ1v) is 8.63. The lowest BCUT2D eigenvalue weighted by atomic mass is 10.3. The summed E-state index contributed by atoms with van der Waals surface area (Å²) in [5.41, 5.74) is -0.128. The molecule has 0 aromatic heterocycles. The molecule has 2 rings (SSSR count). The minimum Gasteiger partial charge on any atom is -0.494 e. The van der Waals surface area contributed by atoms with Crippen LogP contribution in [-0.2, 0) is 10.0 Å². The topological polar surface area (TPSA) is 64.6 Å². The fraction of sp³-hybridized carbons (Fsp3) is 0.250. The van der Waals surface area contributed by atoms with Crippen molar-refractivity contribution in [2.75, 3.05) is 17.9 Å². The highest BCUT2D eigenvalue weighted by Gasteiger charge is 2.22. The lowest BCUT2D eigenvalue weighted by Gasteiger charge is -2.14. The molecule has 23 heavy (non-hydrogen) atoms. The fourth-order valence-corrected chi connectivity index (χ4v) is 3.20. The maximum Gasteiger partial charge on any atom is 0.265 e. The van der Waals surface area contributed by atoms with Crippen molar-refractivity contribution in [2.45, 2.75) is 18.7 Å². The molecule has 0 atom stereocenters. The standard InChI is InChI=1S/C16H18FNO4S/c1-3-21-12-9-10-15(22-4-2)16(11-12)23(19,20)18-14-8-6-5-7-13(14)17/h5-11,18H,3-4H2,1-2H3. The molecule has 0 radical (unpaired) electrons. The van der Waals surface area contributed by atoms with Gasteiger partial charge in [0.25, 0.3) is 10.0 Å². The highest BCUT2D eigenvalue weighted by Crippen LogP contribution is 2.30. The van der Waals surface area contributed by atoms with Crippen molar-refractivity contribution in [3.8, 4) is 11.5 Å². The monoisotopic (exact) mass is 339 g/mol. The number of halogens is 1. The van der Waals surface area contributed by atoms with Crippen LogP contribution >= 0.6 is 0 Å². The third-order valence-electron chi connectivity index (χ3n) is 2.93. The van der Waals surface area contributed by atoms with Gasteiger partial charge in [-0.15, -0.1) is 0 Å². The van der Waals surface area contributed by atoms with Crippen molar-refractivity contribution in [2.24, 2.45) is 0 Å². The summed E-state index contributed by atoms with van der Waals surface area (Å²) >= 11 is 0. The summed E-state index contributed by atoms with van der Waals surface area (Å²) in [4.78, 5) is -0.103. The zero-order chi connectivity index (χ0) is 16.9. The van der Waals surface area contributed by atoms with Crippen LogP contribution in [0.25, 0.3) is 0 Å². The number of anilines is 1. The van der Waals surface area contributed by atoms with Crippen molar-refractivity contribution in [3.05, 3.63) is 48.3 Å². The zero-order valence-electron chi connectivity index (χ0n) is 12.9. The zero-order valence-corrected chi connectivity index (χ0v) is 13.7. The van der Waals surface area contributed by atoms with Gasteiger partial charge in [0.1, 0.15) is 22.2 Å². The lowest BCUT2D eigenvalue weighted by molar-refractivity contribution is 0.322. The molecule has 0 bridgehead atoms. The van der Waals surface area contributed by atoms with Gasteiger partial charge in [0.2, 0.25) is 0 Å². The van der Waals surface area contributed by atoms with Gasteiger partial charge in [0.05, 0.1) is 18.9 Å². The quantitative estimate of drug-likeness (QED) is 0.839. The summed E-state index contributed by atoms with van der Waals surface area (Å²) in [6.07, 6.45) is 0. The van der Waals surface area contributed by atoms with Gasteiger partial charge in [0, 0.05) is 6.07 Å². The van der Waals surface area contributed by atoms with Crippen molar-refractivity contribution >= 4 is 15.7 Å². The van der Waals surface area contributed by atoms with Crippen molar-refractivity contribution in [1.82, 2.24) is 0 Å². The van der Waals surface area contributed by atoms with Gasteiger partial charge >= 0.3 is 0 Å². The van der Waals surface area contributed by atoms with Gasteiger partial charge in [-0.2, -0.15) is 0 Å². The predicted octanol–water partition coefficient (Wildman–Crippen LogP) is 3.42. The molecule has 0 spiro atoms. The smallest absolute Gasteiger partial charge is 0.265 e. The Balaban J connectivity index is 2.44. The molecule has 0 amide bonds. The number of hydrogen-bond acceptors (Lipinski definition) is 4. The van der Waals surface area contributed by atoms with Crippen LogP contribution in [0.3, 0.4) is 0 Å². The molecule has 0 aliphatic rings. The molecule has 0 aliphatic heterocycles. The van der Waals surface area contributed by atoms with Gasteiger partial charge in [-0.25, -0.2) is 12.8 Å². The summed E-state index contributed by atoms with van der Waals surface area (Å²) in [5, 5.41) is 0. The Kier molecular flexibility index (Phi) is 5.44. The number of para-hydroxylation sites is 1. The van der Waals surface area contributed by atoms with Crippen molar-refractivity contribution in [1.29, 1.82) is 0 Å². The van der Waals surface area contributed by atoms with E-state index in [-0.39, 0.29) is 16.3 Å². The Hall–Kier alpha value is -2.28. The normalized spacial score (nSPS) is 11.1. The number of sulfonamides is 1. The fourth-order valence-electron chi connectivity index (χ4n) is 1.97. The van der Waals surface area contributed by atoms with E-state index in [1.807, 2.05) is 0 Å². The van der Waals surface area contributed by atoms with Gasteiger partial charge < -0.3 is 9.47 Å². The molecule has 0 aliphatic carbocycles. The maximum atomic E-state index is 13.7. The van der Waals surface area contributed by atoms with Gasteiger partial charge in [-0.3, -0.25) is 4.72 Å². The van der Waals surface area contributed by atoms with E-state index in [2.05, 4.69) is 4.72 Å². The van der Waals surface area contributed by atoms with Crippen LogP contribution in [0.5, 0.6) is 11.5 Å². The summed E-state index contributed by atoms with van der Waals surface area (Å²) < 4.78 is 51.8. The number of rotatable bonds is 7. The number of ether oxygens (including phenoxy) is 2. The number of hydrogen-bond donors (Lipinski definition) is 1. The molecule has 5 nitrogen and oxygen atoms in total. The Morgan fingerprint density at radius 1 is 1.04 bits per heavy atom. The highest BCUT2D eigenvalue weighted by atomic mass is 32.2. The first-order valence-electron chi connectivity index (χ1n) is 7.15. The Labute approximate surface area is 135 Å². The summed E-state index contributed by atoms with van der Waals surface area (Å²) in [6, 6.07) is 10.0. The largest absolute Gasteiger partial charge is 0.494 e. The van der Waals surface area contributed by atoms with Crippen LogP contribution < -0.4 is 14.2 Å². The van der Waals surface area contributed by atoms with Crippen LogP contribution in [-0.4, -0.2) is 21.6 Å². The van der Waals surface area contributed by atoms with E-state index in [1.165, 1.54) is 30.3 Å². The molecule has 2 aromatic rings. The molecule has 0 heterocycles. The second-order valence-electron chi connectivity index (χ2n) is 4.56. The molecule has 0 fully saturated rings. The lowest BCUT2D eigenvalue weighted by Crippen LogP contribution is -2.15. The van der Waals surface area contributed by atoms with Crippen LogP contribution in [0.4, 0.5) is 10.1 Å². The van der Waals surface area contributed by atoms with E-state index in [9.17, 15) is 12.8 Å². The molecule has 0 saturated heterocycles. The first-order chi connectivity index (χ1) is 11.0. The second-order valence-corrected chi connectivity index (χ2v) is 6.21. The van der Waals surface area contributed by atoms with E-state index in [1.54, 1.807) is 26.0 Å². The third-order valence-corrected chi connectivity index (χ3v) is 4.32. The molecule has 0 saturated carbocycles. The average molecular weight is 339 g/mol. The third kappa shape index (κ3) is 4.13. The first kappa shape index (κ1) is 17.1. The van der Waals surface area contributed by atoms with E-state index in [0.29, 0.717) is 19.0 Å². The maximum absolute atomic E-state index is 13.7. The van der Waals surface area contributed by atoms with Gasteiger partial charge in [-0.1, -0.05) is 12.1 Å². The number of benzene rings is 2. The van der Waals surface area contributed by atoms with Crippen LogP contribution in [0.15, 0.2) is 47.4 Å². The summed E-state index contributed by atoms with van der Waals surface area (Å²) in [7, 11) is -4.02. The predicted molar refractivity (Wildman–Crippen MR) is 86.0 cm³/mol. The molecular weight excluding hydrogens is 321 g/mol. The van der Waals surface area contributed by atoms with Gasteiger partial charge in [0.15, 0.2) is 0 Å². The Morgan fingerprint density at radius 2 is 1.74 bits per heavy atom. The minimum atomic E-state index is -4.02. The van der Waals surface area contributed by atoms with Crippen LogP contribution in [0, 0.1) is 5.82 Å². The molecule has 2 aromatic carbocycles. The van der Waals surface area contributed by atoms with Crippen LogP contribution in [0.2, 0.25) is 0 Å². The van der Waals surface area contributed by atoms with E-state index >= 15 is 0 Å². The molecule has 1 N–H and O–H groups in total. The average Bonchev–Trinajstić information content (AvgIpc) is 2.51. The van der Waals surface area contributed by atoms with E-state index < -0.39 is 15.8 Å². The highest BCUT2D eigenvalue weighted by molar-refractivity contribution is 7.92. The van der Waals surface area contributed by atoms with Crippen molar-refractivity contribution in [3.63, 3.8) is 0 Å². The number of nitrogens with one attached hydrogen (secondary N) is 1. The second kappa shape index (κ2) is 7.32. The molecular formula is C16H18FNO4S. The van der Waals surface area contributed by atoms with E-state index in [0.717, 1.165) is 0 Å².